The number of thioether (sulfide) groups is 1. The Morgan fingerprint density at radius 3 is 2.78 bits per heavy atom. The van der Waals surface area contributed by atoms with E-state index < -0.39 is 0 Å². The normalized spacial score (nSPS) is 10.8. The van der Waals surface area contributed by atoms with Gasteiger partial charge in [0.05, 0.1) is 31.2 Å². The van der Waals surface area contributed by atoms with E-state index in [1.165, 1.54) is 27.7 Å². The van der Waals surface area contributed by atoms with E-state index >= 15 is 0 Å². The molecule has 4 aromatic rings. The van der Waals surface area contributed by atoms with Crippen molar-refractivity contribution in [2.45, 2.75) is 11.7 Å². The fourth-order valence-electron chi connectivity index (χ4n) is 3.18. The van der Waals surface area contributed by atoms with Crippen LogP contribution in [0, 0.1) is 0 Å². The summed E-state index contributed by atoms with van der Waals surface area (Å²) >= 11 is 2.55. The van der Waals surface area contributed by atoms with Crippen molar-refractivity contribution in [2.24, 2.45) is 0 Å². The predicted molar refractivity (Wildman–Crippen MR) is 127 cm³/mol. The highest BCUT2D eigenvalue weighted by atomic mass is 32.2. The Hall–Kier alpha value is -3.30. The van der Waals surface area contributed by atoms with E-state index in [1.54, 1.807) is 32.4 Å². The zero-order valence-electron chi connectivity index (χ0n) is 17.5. The highest BCUT2D eigenvalue weighted by Gasteiger charge is 2.18. The third kappa shape index (κ3) is 4.63. The van der Waals surface area contributed by atoms with Crippen LogP contribution in [0.25, 0.3) is 15.9 Å². The maximum atomic E-state index is 13.2. The van der Waals surface area contributed by atoms with Crippen molar-refractivity contribution < 1.29 is 14.3 Å². The van der Waals surface area contributed by atoms with Crippen molar-refractivity contribution in [1.82, 2.24) is 14.9 Å². The summed E-state index contributed by atoms with van der Waals surface area (Å²) in [5.74, 6) is 1.24. The molecule has 164 valence electrons. The Labute approximate surface area is 193 Å². The van der Waals surface area contributed by atoms with Crippen LogP contribution in [0.2, 0.25) is 0 Å². The van der Waals surface area contributed by atoms with Gasteiger partial charge in [-0.1, -0.05) is 36.0 Å². The molecule has 0 unspecified atom stereocenters. The Morgan fingerprint density at radius 1 is 1.12 bits per heavy atom. The van der Waals surface area contributed by atoms with Gasteiger partial charge in [0, 0.05) is 6.54 Å². The molecule has 0 bridgehead atoms. The minimum absolute atomic E-state index is 0.112. The summed E-state index contributed by atoms with van der Waals surface area (Å²) in [6.07, 6.45) is 0. The summed E-state index contributed by atoms with van der Waals surface area (Å²) in [5, 5.41) is 5.16. The van der Waals surface area contributed by atoms with Gasteiger partial charge < -0.3 is 14.8 Å². The molecule has 0 aliphatic rings. The first kappa shape index (κ1) is 21.9. The van der Waals surface area contributed by atoms with E-state index in [4.69, 9.17) is 9.47 Å². The molecule has 32 heavy (non-hydrogen) atoms. The molecule has 2 aromatic carbocycles. The molecule has 0 spiro atoms. The molecule has 0 saturated carbocycles. The van der Waals surface area contributed by atoms with Crippen LogP contribution in [-0.2, 0) is 11.3 Å². The number of nitrogens with zero attached hydrogens (tertiary/aromatic N) is 2. The quantitative estimate of drug-likeness (QED) is 0.313. The summed E-state index contributed by atoms with van der Waals surface area (Å²) < 4.78 is 12.7. The van der Waals surface area contributed by atoms with Gasteiger partial charge in [0.1, 0.15) is 16.2 Å². The number of methoxy groups -OCH3 is 2. The average Bonchev–Trinajstić information content (AvgIpc) is 3.30. The van der Waals surface area contributed by atoms with E-state index in [-0.39, 0.29) is 17.2 Å². The molecule has 1 N–H and O–H groups in total. The third-order valence-electron chi connectivity index (χ3n) is 4.73. The number of ether oxygens (including phenoxy) is 2. The molecule has 2 aromatic heterocycles. The molecule has 0 aliphatic carbocycles. The smallest absolute Gasteiger partial charge is 0.276 e. The minimum atomic E-state index is -0.186. The van der Waals surface area contributed by atoms with Gasteiger partial charge >= 0.3 is 0 Å². The second kappa shape index (κ2) is 9.88. The average molecular weight is 468 g/mol. The van der Waals surface area contributed by atoms with E-state index in [1.807, 2.05) is 41.8 Å². The molecule has 0 atom stereocenters. The molecular weight excluding hydrogens is 446 g/mol. The second-order valence-electron chi connectivity index (χ2n) is 6.76. The number of hydrogen-bond donors (Lipinski definition) is 1. The van der Waals surface area contributed by atoms with Crippen molar-refractivity contribution in [3.63, 3.8) is 0 Å². The SMILES string of the molecule is COc1cccc(CNC(=O)CSc2nc3ccsc3c(=O)n2-c2ccccc2OC)c1. The molecular formula is C23H21N3O4S2. The van der Waals surface area contributed by atoms with Crippen molar-refractivity contribution >= 4 is 39.2 Å². The monoisotopic (exact) mass is 467 g/mol. The zero-order chi connectivity index (χ0) is 22.5. The summed E-state index contributed by atoms with van der Waals surface area (Å²) in [6, 6.07) is 16.6. The van der Waals surface area contributed by atoms with Gasteiger partial charge in [0.15, 0.2) is 5.16 Å². The number of para-hydroxylation sites is 2. The number of fused-ring (bicyclic) bond motifs is 1. The summed E-state index contributed by atoms with van der Waals surface area (Å²) in [5.41, 5.74) is 1.95. The van der Waals surface area contributed by atoms with Gasteiger partial charge in [-0.05, 0) is 41.3 Å². The number of amides is 1. The van der Waals surface area contributed by atoms with Crippen LogP contribution in [0.5, 0.6) is 11.5 Å². The van der Waals surface area contributed by atoms with Gasteiger partial charge in [-0.3, -0.25) is 14.2 Å². The van der Waals surface area contributed by atoms with Crippen LogP contribution in [0.4, 0.5) is 0 Å². The predicted octanol–water partition coefficient (Wildman–Crippen LogP) is 3.87. The number of rotatable bonds is 8. The fraction of sp³-hybridized carbons (Fsp3) is 0.174. The number of hydrogen-bond acceptors (Lipinski definition) is 7. The maximum absolute atomic E-state index is 13.2. The number of thiophene rings is 1. The van der Waals surface area contributed by atoms with Gasteiger partial charge in [-0.2, -0.15) is 0 Å². The highest BCUT2D eigenvalue weighted by molar-refractivity contribution is 7.99. The molecule has 1 amide bonds. The van der Waals surface area contributed by atoms with Crippen LogP contribution in [0.15, 0.2) is 69.9 Å². The first-order valence-corrected chi connectivity index (χ1v) is 11.6. The Kier molecular flexibility index (Phi) is 6.77. The van der Waals surface area contributed by atoms with Crippen LogP contribution >= 0.6 is 23.1 Å². The van der Waals surface area contributed by atoms with Crippen molar-refractivity contribution in [1.29, 1.82) is 0 Å². The van der Waals surface area contributed by atoms with Crippen LogP contribution in [0.3, 0.4) is 0 Å². The second-order valence-corrected chi connectivity index (χ2v) is 8.62. The van der Waals surface area contributed by atoms with Gasteiger partial charge in [0.25, 0.3) is 5.56 Å². The Morgan fingerprint density at radius 2 is 1.97 bits per heavy atom. The fourth-order valence-corrected chi connectivity index (χ4v) is 4.78. The molecule has 9 heteroatoms. The lowest BCUT2D eigenvalue weighted by Gasteiger charge is -2.14. The first-order valence-electron chi connectivity index (χ1n) is 9.77. The molecule has 0 radical (unpaired) electrons. The third-order valence-corrected chi connectivity index (χ3v) is 6.56. The minimum Gasteiger partial charge on any atom is -0.497 e. The molecule has 2 heterocycles. The van der Waals surface area contributed by atoms with Crippen LogP contribution in [-0.4, -0.2) is 35.4 Å². The number of aromatic nitrogens is 2. The van der Waals surface area contributed by atoms with Crippen molar-refractivity contribution in [3.05, 3.63) is 75.9 Å². The zero-order valence-corrected chi connectivity index (χ0v) is 19.2. The van der Waals surface area contributed by atoms with E-state index in [0.29, 0.717) is 33.4 Å². The van der Waals surface area contributed by atoms with Gasteiger partial charge in [-0.25, -0.2) is 4.98 Å². The first-order chi connectivity index (χ1) is 15.6. The van der Waals surface area contributed by atoms with Crippen LogP contribution in [0.1, 0.15) is 5.56 Å². The van der Waals surface area contributed by atoms with E-state index in [0.717, 1.165) is 11.3 Å². The molecule has 7 nitrogen and oxygen atoms in total. The van der Waals surface area contributed by atoms with Gasteiger partial charge in [0.2, 0.25) is 5.91 Å². The van der Waals surface area contributed by atoms with E-state index in [9.17, 15) is 9.59 Å². The molecule has 4 rings (SSSR count). The maximum Gasteiger partial charge on any atom is 0.276 e. The molecule has 0 saturated heterocycles. The number of benzene rings is 2. The summed E-state index contributed by atoms with van der Waals surface area (Å²) in [7, 11) is 3.16. The van der Waals surface area contributed by atoms with E-state index in [2.05, 4.69) is 10.3 Å². The number of carbonyl (C=O) groups is 1. The molecule has 0 fully saturated rings. The summed E-state index contributed by atoms with van der Waals surface area (Å²) in [6.45, 7) is 0.382. The number of nitrogens with one attached hydrogen (secondary N) is 1. The Balaban J connectivity index is 1.57. The standard InChI is InChI=1S/C23H21N3O4S2/c1-29-16-7-5-6-15(12-16)13-24-20(27)14-32-23-25-17-10-11-31-21(17)22(28)26(23)18-8-3-4-9-19(18)30-2/h3-12H,13-14H2,1-2H3,(H,24,27). The Bertz CT molecular complexity index is 1320. The van der Waals surface area contributed by atoms with Crippen LogP contribution < -0.4 is 20.3 Å². The molecule has 0 aliphatic heterocycles. The van der Waals surface area contributed by atoms with Crippen molar-refractivity contribution in [2.75, 3.05) is 20.0 Å². The lowest BCUT2D eigenvalue weighted by Crippen LogP contribution is -2.26. The summed E-state index contributed by atoms with van der Waals surface area (Å²) in [4.78, 5) is 30.4. The largest absolute Gasteiger partial charge is 0.497 e. The van der Waals surface area contributed by atoms with Gasteiger partial charge in [-0.15, -0.1) is 11.3 Å². The van der Waals surface area contributed by atoms with Crippen molar-refractivity contribution in [3.8, 4) is 17.2 Å². The highest BCUT2D eigenvalue weighted by Crippen LogP contribution is 2.28. The number of carbonyl (C=O) groups excluding carboxylic acids is 1. The lowest BCUT2D eigenvalue weighted by atomic mass is 10.2. The topological polar surface area (TPSA) is 82.5 Å². The lowest BCUT2D eigenvalue weighted by molar-refractivity contribution is -0.118.